The monoisotopic (exact) mass is 475 g/mol. The molecule has 8 atom stereocenters. The summed E-state index contributed by atoms with van der Waals surface area (Å²) >= 11 is 0. The first-order valence-electron chi connectivity index (χ1n) is 8.48. The highest BCUT2D eigenvalue weighted by molar-refractivity contribution is 7.80. The van der Waals surface area contributed by atoms with Crippen molar-refractivity contribution in [3.05, 3.63) is 11.5 Å². The quantitative estimate of drug-likeness (QED) is 0.162. The Morgan fingerprint density at radius 3 is 2.29 bits per heavy atom. The topological polar surface area (TPSA) is 259 Å². The third-order valence-electron chi connectivity index (χ3n) is 4.28. The molecule has 0 aromatic carbocycles. The van der Waals surface area contributed by atoms with E-state index in [0.717, 1.165) is 6.92 Å². The molecule has 1 amide bonds. The zero-order valence-corrected chi connectivity index (χ0v) is 16.4. The standard InChI is InChI=1S/C14H21NO15S/c1-3(16)15-5-6(17)10(4(28-13(5)23)2-27-31(24,25)26)29-14-9(20)7(18)8(19)11(30-14)12(21)22/h4-7,9-10,13-14,17-20,23H,2H2,1H3,(H,15,16)(H,21,22)(H,24,25,26)/t4-,5-,6-,7+,9-,10-,13+,14-/m1/s1. The summed E-state index contributed by atoms with van der Waals surface area (Å²) in [7, 11) is -5.00. The molecule has 0 aliphatic carbocycles. The maximum absolute atomic E-state index is 11.3. The molecule has 2 aliphatic heterocycles. The Morgan fingerprint density at radius 1 is 1.16 bits per heavy atom. The average molecular weight is 475 g/mol. The van der Waals surface area contributed by atoms with Gasteiger partial charge in [0, 0.05) is 6.92 Å². The van der Waals surface area contributed by atoms with E-state index >= 15 is 0 Å². The van der Waals surface area contributed by atoms with Crippen LogP contribution in [-0.2, 0) is 38.4 Å². The molecule has 0 radical (unpaired) electrons. The van der Waals surface area contributed by atoms with Gasteiger partial charge in [0.15, 0.2) is 12.0 Å². The SMILES string of the molecule is CC(=O)N[C@@H]1[C@@H](O)[C@H](O[C@@H]2OC(C(=O)O)=C(O)[C@H](O)[C@H]2O)[C@@H](COS(=O)(=O)O)O[C@@H]1O. The zero-order chi connectivity index (χ0) is 23.7. The van der Waals surface area contributed by atoms with E-state index in [4.69, 9.17) is 23.9 Å². The first kappa shape index (κ1) is 25.2. The minimum Gasteiger partial charge on any atom is -0.506 e. The third-order valence-corrected chi connectivity index (χ3v) is 4.71. The number of carbonyl (C=O) groups excluding carboxylic acids is 1. The number of aliphatic hydroxyl groups is 5. The molecule has 2 heterocycles. The fraction of sp³-hybridized carbons (Fsp3) is 0.714. The number of nitrogens with one attached hydrogen (secondary N) is 1. The molecule has 0 bridgehead atoms. The molecule has 0 aromatic rings. The molecule has 1 saturated heterocycles. The van der Waals surface area contributed by atoms with Crippen LogP contribution in [0.25, 0.3) is 0 Å². The van der Waals surface area contributed by atoms with E-state index in [1.165, 1.54) is 0 Å². The highest BCUT2D eigenvalue weighted by atomic mass is 32.3. The number of aliphatic hydroxyl groups excluding tert-OH is 5. The van der Waals surface area contributed by atoms with Gasteiger partial charge >= 0.3 is 16.4 Å². The number of amides is 1. The van der Waals surface area contributed by atoms with Gasteiger partial charge in [0.2, 0.25) is 18.0 Å². The molecule has 178 valence electrons. The summed E-state index contributed by atoms with van der Waals surface area (Å²) in [6.07, 6.45) is -13.6. The largest absolute Gasteiger partial charge is 0.506 e. The van der Waals surface area contributed by atoms with Crippen LogP contribution < -0.4 is 5.32 Å². The Labute approximate surface area is 174 Å². The van der Waals surface area contributed by atoms with Crippen LogP contribution in [0.4, 0.5) is 0 Å². The lowest BCUT2D eigenvalue weighted by Gasteiger charge is -2.44. The number of rotatable bonds is 7. The summed E-state index contributed by atoms with van der Waals surface area (Å²) in [6, 6.07) is -1.54. The van der Waals surface area contributed by atoms with Crippen molar-refractivity contribution in [3.8, 4) is 0 Å². The van der Waals surface area contributed by atoms with Gasteiger partial charge in [-0.2, -0.15) is 8.42 Å². The third kappa shape index (κ3) is 5.99. The Kier molecular flexibility index (Phi) is 7.79. The minimum absolute atomic E-state index is 0.719. The molecule has 2 rings (SSSR count). The van der Waals surface area contributed by atoms with Gasteiger partial charge in [0.25, 0.3) is 0 Å². The molecule has 0 saturated carbocycles. The van der Waals surface area contributed by atoms with Crippen molar-refractivity contribution >= 4 is 22.3 Å². The molecular weight excluding hydrogens is 454 g/mol. The Balaban J connectivity index is 2.31. The van der Waals surface area contributed by atoms with Crippen LogP contribution in [0, 0.1) is 0 Å². The van der Waals surface area contributed by atoms with Gasteiger partial charge in [-0.05, 0) is 0 Å². The van der Waals surface area contributed by atoms with Crippen LogP contribution in [-0.4, -0.2) is 111 Å². The van der Waals surface area contributed by atoms with Crippen molar-refractivity contribution in [2.24, 2.45) is 0 Å². The van der Waals surface area contributed by atoms with Crippen LogP contribution in [0.1, 0.15) is 6.92 Å². The summed E-state index contributed by atoms with van der Waals surface area (Å²) in [5.74, 6) is -4.95. The van der Waals surface area contributed by atoms with Gasteiger partial charge in [-0.25, -0.2) is 8.98 Å². The van der Waals surface area contributed by atoms with Gasteiger partial charge in [-0.15, -0.1) is 0 Å². The summed E-state index contributed by atoms with van der Waals surface area (Å²) in [5.41, 5.74) is 0. The van der Waals surface area contributed by atoms with Gasteiger partial charge in [-0.3, -0.25) is 9.35 Å². The van der Waals surface area contributed by atoms with E-state index in [-0.39, 0.29) is 0 Å². The van der Waals surface area contributed by atoms with Gasteiger partial charge in [0.05, 0.1) is 6.61 Å². The number of aliphatic carboxylic acids is 1. The molecule has 2 aliphatic rings. The van der Waals surface area contributed by atoms with Gasteiger partial charge in [0.1, 0.15) is 36.6 Å². The van der Waals surface area contributed by atoms with Crippen LogP contribution in [0.5, 0.6) is 0 Å². The number of carbonyl (C=O) groups is 2. The van der Waals surface area contributed by atoms with E-state index in [0.29, 0.717) is 0 Å². The molecule has 1 fully saturated rings. The normalized spacial score (nSPS) is 36.6. The first-order valence-corrected chi connectivity index (χ1v) is 9.84. The lowest BCUT2D eigenvalue weighted by atomic mass is 9.96. The number of hydrogen-bond acceptors (Lipinski definition) is 13. The maximum Gasteiger partial charge on any atom is 0.397 e. The first-order chi connectivity index (χ1) is 14.2. The van der Waals surface area contributed by atoms with Crippen molar-refractivity contribution in [1.82, 2.24) is 5.32 Å². The van der Waals surface area contributed by atoms with Crippen LogP contribution in [0.2, 0.25) is 0 Å². The van der Waals surface area contributed by atoms with E-state index < -0.39 is 89.5 Å². The van der Waals surface area contributed by atoms with Crippen molar-refractivity contribution in [1.29, 1.82) is 0 Å². The van der Waals surface area contributed by atoms with Crippen LogP contribution >= 0.6 is 0 Å². The predicted octanol–water partition coefficient (Wildman–Crippen LogP) is -4.29. The number of ether oxygens (including phenoxy) is 3. The zero-order valence-electron chi connectivity index (χ0n) is 15.6. The summed E-state index contributed by atoms with van der Waals surface area (Å²) in [4.78, 5) is 22.5. The number of carboxylic acids is 1. The number of hydrogen-bond donors (Lipinski definition) is 8. The van der Waals surface area contributed by atoms with Crippen LogP contribution in [0.15, 0.2) is 11.5 Å². The molecule has 17 heteroatoms. The number of carboxylic acid groups (broad SMARTS) is 1. The minimum atomic E-state index is -5.00. The highest BCUT2D eigenvalue weighted by Gasteiger charge is 2.50. The molecule has 8 N–H and O–H groups in total. The van der Waals surface area contributed by atoms with E-state index in [2.05, 4.69) is 9.50 Å². The van der Waals surface area contributed by atoms with E-state index in [1.54, 1.807) is 0 Å². The van der Waals surface area contributed by atoms with Crippen molar-refractivity contribution in [2.45, 2.75) is 56.1 Å². The molecular formula is C14H21NO15S. The average Bonchev–Trinajstić information content (AvgIpc) is 2.64. The molecule has 0 unspecified atom stereocenters. The van der Waals surface area contributed by atoms with Crippen molar-refractivity contribution < 1.29 is 71.6 Å². The summed E-state index contributed by atoms with van der Waals surface area (Å²) in [6.45, 7) is 0.00254. The lowest BCUT2D eigenvalue weighted by molar-refractivity contribution is -0.308. The Bertz CT molecular complexity index is 828. The molecule has 0 aromatic heterocycles. The molecule has 0 spiro atoms. The fourth-order valence-corrected chi connectivity index (χ4v) is 3.20. The highest BCUT2D eigenvalue weighted by Crippen LogP contribution is 2.30. The van der Waals surface area contributed by atoms with Crippen molar-refractivity contribution in [3.63, 3.8) is 0 Å². The van der Waals surface area contributed by atoms with E-state index in [1.807, 2.05) is 0 Å². The Hall–Kier alpha value is -2.09. The van der Waals surface area contributed by atoms with Crippen molar-refractivity contribution in [2.75, 3.05) is 6.61 Å². The lowest BCUT2D eigenvalue weighted by Crippen LogP contribution is -2.66. The second-order valence-electron chi connectivity index (χ2n) is 6.54. The van der Waals surface area contributed by atoms with E-state index in [9.17, 15) is 43.5 Å². The predicted molar refractivity (Wildman–Crippen MR) is 91.0 cm³/mol. The summed E-state index contributed by atoms with van der Waals surface area (Å²) < 4.78 is 49.7. The van der Waals surface area contributed by atoms with Gasteiger partial charge in [-0.1, -0.05) is 0 Å². The summed E-state index contributed by atoms with van der Waals surface area (Å²) in [5, 5.41) is 61.1. The van der Waals surface area contributed by atoms with Crippen LogP contribution in [0.3, 0.4) is 0 Å². The molecule has 16 nitrogen and oxygen atoms in total. The second-order valence-corrected chi connectivity index (χ2v) is 7.63. The Morgan fingerprint density at radius 2 is 1.77 bits per heavy atom. The second kappa shape index (κ2) is 9.59. The van der Waals surface area contributed by atoms with Gasteiger partial charge < -0.3 is 50.2 Å². The molecule has 31 heavy (non-hydrogen) atoms. The fourth-order valence-electron chi connectivity index (χ4n) is 2.90. The maximum atomic E-state index is 11.3. The smallest absolute Gasteiger partial charge is 0.397 e.